The maximum atomic E-state index is 4.03. The maximum Gasteiger partial charge on any atom is 0.0278 e. The summed E-state index contributed by atoms with van der Waals surface area (Å²) in [7, 11) is 0. The van der Waals surface area contributed by atoms with Crippen molar-refractivity contribution in [2.45, 2.75) is 10.8 Å². The summed E-state index contributed by atoms with van der Waals surface area (Å²) in [4.78, 5) is 5.31. The first-order chi connectivity index (χ1) is 8.40. The van der Waals surface area contributed by atoms with Gasteiger partial charge in [-0.2, -0.15) is 0 Å². The zero-order chi connectivity index (χ0) is 11.9. The van der Waals surface area contributed by atoms with E-state index in [1.165, 1.54) is 10.5 Å². The maximum absolute atomic E-state index is 4.03. The Balaban J connectivity index is 1.97. The number of pyridine rings is 1. The lowest BCUT2D eigenvalue weighted by atomic mass is 10.0. The number of benzene rings is 1. The molecule has 0 aliphatic rings. The van der Waals surface area contributed by atoms with E-state index in [1.807, 2.05) is 24.2 Å². The van der Waals surface area contributed by atoms with Crippen LogP contribution in [0.4, 0.5) is 0 Å². The molecule has 0 bridgehead atoms. The molecule has 0 N–H and O–H groups in total. The SMILES string of the molecule is BrCC(CSc1ccncc1)c1ccccc1. The Morgan fingerprint density at radius 2 is 1.76 bits per heavy atom. The van der Waals surface area contributed by atoms with Crippen molar-refractivity contribution in [2.75, 3.05) is 11.1 Å². The van der Waals surface area contributed by atoms with Crippen molar-refractivity contribution < 1.29 is 0 Å². The fourth-order valence-electron chi connectivity index (χ4n) is 1.59. The third-order valence-electron chi connectivity index (χ3n) is 2.56. The molecular formula is C14H14BrNS. The largest absolute Gasteiger partial charge is 0.265 e. The van der Waals surface area contributed by atoms with Crippen molar-refractivity contribution in [2.24, 2.45) is 0 Å². The van der Waals surface area contributed by atoms with E-state index >= 15 is 0 Å². The minimum atomic E-state index is 0.550. The van der Waals surface area contributed by atoms with Crippen LogP contribution < -0.4 is 0 Å². The molecule has 0 saturated heterocycles. The number of halogens is 1. The van der Waals surface area contributed by atoms with E-state index in [2.05, 4.69) is 63.4 Å². The summed E-state index contributed by atoms with van der Waals surface area (Å²) in [6.07, 6.45) is 3.68. The second kappa shape index (κ2) is 6.82. The Hall–Kier alpha value is -0.800. The van der Waals surface area contributed by atoms with E-state index < -0.39 is 0 Å². The van der Waals surface area contributed by atoms with Crippen LogP contribution in [0, 0.1) is 0 Å². The van der Waals surface area contributed by atoms with Gasteiger partial charge in [0.1, 0.15) is 0 Å². The topological polar surface area (TPSA) is 12.9 Å². The van der Waals surface area contributed by atoms with Gasteiger partial charge in [-0.25, -0.2) is 0 Å². The first-order valence-corrected chi connectivity index (χ1v) is 7.64. The molecule has 1 nitrogen and oxygen atoms in total. The third kappa shape index (κ3) is 3.86. The van der Waals surface area contributed by atoms with E-state index in [-0.39, 0.29) is 0 Å². The molecule has 17 heavy (non-hydrogen) atoms. The molecule has 0 aliphatic carbocycles. The minimum absolute atomic E-state index is 0.550. The predicted octanol–water partition coefficient (Wildman–Crippen LogP) is 4.35. The van der Waals surface area contributed by atoms with E-state index in [9.17, 15) is 0 Å². The highest BCUT2D eigenvalue weighted by atomic mass is 79.9. The van der Waals surface area contributed by atoms with Gasteiger partial charge in [0.2, 0.25) is 0 Å². The average Bonchev–Trinajstić information content (AvgIpc) is 2.42. The van der Waals surface area contributed by atoms with Crippen LogP contribution in [0.1, 0.15) is 11.5 Å². The normalized spacial score (nSPS) is 12.3. The summed E-state index contributed by atoms with van der Waals surface area (Å²) >= 11 is 5.48. The number of alkyl halides is 1. The van der Waals surface area contributed by atoms with Crippen LogP contribution in [0.5, 0.6) is 0 Å². The molecule has 0 spiro atoms. The highest BCUT2D eigenvalue weighted by molar-refractivity contribution is 9.09. The van der Waals surface area contributed by atoms with Crippen molar-refractivity contribution >= 4 is 27.7 Å². The lowest BCUT2D eigenvalue weighted by molar-refractivity contribution is 0.902. The molecule has 3 heteroatoms. The van der Waals surface area contributed by atoms with E-state index in [0.717, 1.165) is 11.1 Å². The molecule has 1 aromatic heterocycles. The lowest BCUT2D eigenvalue weighted by Crippen LogP contribution is -2.03. The summed E-state index contributed by atoms with van der Waals surface area (Å²) < 4.78 is 0. The van der Waals surface area contributed by atoms with E-state index in [4.69, 9.17) is 0 Å². The zero-order valence-electron chi connectivity index (χ0n) is 9.42. The van der Waals surface area contributed by atoms with E-state index in [0.29, 0.717) is 5.92 Å². The number of hydrogen-bond acceptors (Lipinski definition) is 2. The molecule has 1 atom stereocenters. The highest BCUT2D eigenvalue weighted by Crippen LogP contribution is 2.27. The molecule has 0 fully saturated rings. The van der Waals surface area contributed by atoms with Gasteiger partial charge >= 0.3 is 0 Å². The van der Waals surface area contributed by atoms with Crippen molar-refractivity contribution in [3.05, 3.63) is 60.4 Å². The summed E-state index contributed by atoms with van der Waals surface area (Å²) in [6, 6.07) is 14.8. The van der Waals surface area contributed by atoms with Crippen LogP contribution in [0.15, 0.2) is 59.8 Å². The number of hydrogen-bond donors (Lipinski definition) is 0. The van der Waals surface area contributed by atoms with Crippen molar-refractivity contribution in [1.82, 2.24) is 4.98 Å². The molecule has 1 aromatic carbocycles. The molecule has 2 aromatic rings. The van der Waals surface area contributed by atoms with E-state index in [1.54, 1.807) is 0 Å². The number of rotatable bonds is 5. The number of nitrogens with zero attached hydrogens (tertiary/aromatic N) is 1. The van der Waals surface area contributed by atoms with Crippen LogP contribution in [0.3, 0.4) is 0 Å². The van der Waals surface area contributed by atoms with Crippen LogP contribution in [-0.2, 0) is 0 Å². The smallest absolute Gasteiger partial charge is 0.0278 e. The summed E-state index contributed by atoms with van der Waals surface area (Å²) in [5.74, 6) is 1.63. The molecule has 0 saturated carbocycles. The van der Waals surface area contributed by atoms with Crippen molar-refractivity contribution in [1.29, 1.82) is 0 Å². The average molecular weight is 308 g/mol. The van der Waals surface area contributed by atoms with Gasteiger partial charge < -0.3 is 0 Å². The highest BCUT2D eigenvalue weighted by Gasteiger charge is 2.09. The molecule has 0 amide bonds. The van der Waals surface area contributed by atoms with Crippen molar-refractivity contribution in [3.8, 4) is 0 Å². The Kier molecular flexibility index (Phi) is 5.08. The van der Waals surface area contributed by atoms with Crippen LogP contribution in [-0.4, -0.2) is 16.1 Å². The monoisotopic (exact) mass is 307 g/mol. The fraction of sp³-hybridized carbons (Fsp3) is 0.214. The van der Waals surface area contributed by atoms with Gasteiger partial charge in [-0.3, -0.25) is 4.98 Å². The van der Waals surface area contributed by atoms with Gasteiger partial charge in [0.25, 0.3) is 0 Å². The lowest BCUT2D eigenvalue weighted by Gasteiger charge is -2.13. The minimum Gasteiger partial charge on any atom is -0.265 e. The molecule has 0 radical (unpaired) electrons. The number of aromatic nitrogens is 1. The Bertz CT molecular complexity index is 432. The van der Waals surface area contributed by atoms with Crippen LogP contribution >= 0.6 is 27.7 Å². The summed E-state index contributed by atoms with van der Waals surface area (Å²) in [5, 5.41) is 0.995. The van der Waals surface area contributed by atoms with Gasteiger partial charge in [0.05, 0.1) is 0 Å². The Morgan fingerprint density at radius 3 is 2.41 bits per heavy atom. The summed E-state index contributed by atoms with van der Waals surface area (Å²) in [6.45, 7) is 0. The molecular weight excluding hydrogens is 294 g/mol. The van der Waals surface area contributed by atoms with Gasteiger partial charge in [0.15, 0.2) is 0 Å². The predicted molar refractivity (Wildman–Crippen MR) is 77.9 cm³/mol. The first kappa shape index (κ1) is 12.7. The van der Waals surface area contributed by atoms with Crippen LogP contribution in [0.2, 0.25) is 0 Å². The van der Waals surface area contributed by atoms with Crippen molar-refractivity contribution in [3.63, 3.8) is 0 Å². The van der Waals surface area contributed by atoms with Crippen LogP contribution in [0.25, 0.3) is 0 Å². The first-order valence-electron chi connectivity index (χ1n) is 5.54. The second-order valence-electron chi connectivity index (χ2n) is 3.76. The molecule has 0 aliphatic heterocycles. The zero-order valence-corrected chi connectivity index (χ0v) is 11.8. The van der Waals surface area contributed by atoms with Gasteiger partial charge in [0, 0.05) is 34.3 Å². The second-order valence-corrected chi connectivity index (χ2v) is 5.50. The Morgan fingerprint density at radius 1 is 1.06 bits per heavy atom. The quantitative estimate of drug-likeness (QED) is 0.601. The van der Waals surface area contributed by atoms with Gasteiger partial charge in [-0.05, 0) is 17.7 Å². The van der Waals surface area contributed by atoms with Gasteiger partial charge in [-0.15, -0.1) is 11.8 Å². The summed E-state index contributed by atoms with van der Waals surface area (Å²) in [5.41, 5.74) is 1.39. The fourth-order valence-corrected chi connectivity index (χ4v) is 3.51. The molecule has 1 heterocycles. The standard InChI is InChI=1S/C14H14BrNS/c15-10-13(12-4-2-1-3-5-12)11-17-14-6-8-16-9-7-14/h1-9,13H,10-11H2. The van der Waals surface area contributed by atoms with Gasteiger partial charge in [-0.1, -0.05) is 46.3 Å². The molecule has 2 rings (SSSR count). The molecule has 88 valence electrons. The Labute approximate surface area is 115 Å². The molecule has 1 unspecified atom stereocenters. The number of thioether (sulfide) groups is 1. The third-order valence-corrected chi connectivity index (χ3v) is 4.51.